The highest BCUT2D eigenvalue weighted by Crippen LogP contribution is 2.54. The molecule has 2 heterocycles. The Hall–Kier alpha value is -4.75. The highest BCUT2D eigenvalue weighted by Gasteiger charge is 2.66. The first-order chi connectivity index (χ1) is 19.6. The van der Waals surface area contributed by atoms with Gasteiger partial charge in [-0.1, -0.05) is 109 Å². The average Bonchev–Trinajstić information content (AvgIpc) is 3.10. The van der Waals surface area contributed by atoms with Gasteiger partial charge in [-0.2, -0.15) is 0 Å². The van der Waals surface area contributed by atoms with E-state index in [9.17, 15) is 14.4 Å². The summed E-state index contributed by atoms with van der Waals surface area (Å²) in [6.07, 6.45) is -0.877. The van der Waals surface area contributed by atoms with Crippen LogP contribution in [0, 0.1) is 0 Å². The minimum absolute atomic E-state index is 0.228. The number of methoxy groups -OCH3 is 1. The van der Waals surface area contributed by atoms with Crippen molar-refractivity contribution in [3.8, 4) is 0 Å². The fourth-order valence-electron chi connectivity index (χ4n) is 5.93. The van der Waals surface area contributed by atoms with E-state index in [4.69, 9.17) is 9.47 Å². The molecule has 0 spiro atoms. The van der Waals surface area contributed by atoms with Crippen LogP contribution in [0.5, 0.6) is 0 Å². The number of nitrogens with zero attached hydrogens (tertiary/aromatic N) is 2. The number of fused-ring (bicyclic) bond motifs is 3. The average molecular weight is 533 g/mol. The van der Waals surface area contributed by atoms with E-state index in [1.165, 1.54) is 12.0 Å². The molecule has 0 bridgehead atoms. The van der Waals surface area contributed by atoms with Gasteiger partial charge in [-0.15, -0.1) is 0 Å². The molecular formula is C33H28N2O5. The van der Waals surface area contributed by atoms with Crippen molar-refractivity contribution in [2.45, 2.75) is 24.3 Å². The third-order valence-corrected chi connectivity index (χ3v) is 7.70. The van der Waals surface area contributed by atoms with Crippen molar-refractivity contribution in [3.05, 3.63) is 138 Å². The molecule has 7 heteroatoms. The molecule has 3 unspecified atom stereocenters. The summed E-state index contributed by atoms with van der Waals surface area (Å²) in [5, 5.41) is 0. The van der Waals surface area contributed by atoms with Crippen LogP contribution in [0.2, 0.25) is 0 Å². The zero-order chi connectivity index (χ0) is 27.7. The molecule has 0 aliphatic carbocycles. The number of ether oxygens (including phenoxy) is 2. The molecule has 0 radical (unpaired) electrons. The molecule has 4 aromatic carbocycles. The predicted molar refractivity (Wildman–Crippen MR) is 149 cm³/mol. The summed E-state index contributed by atoms with van der Waals surface area (Å²) in [5.74, 6) is -1.24. The molecular weight excluding hydrogens is 504 g/mol. The fourth-order valence-corrected chi connectivity index (χ4v) is 5.93. The molecule has 7 nitrogen and oxygen atoms in total. The number of rotatable bonds is 7. The van der Waals surface area contributed by atoms with Crippen LogP contribution in [-0.4, -0.2) is 42.4 Å². The van der Waals surface area contributed by atoms with Gasteiger partial charge in [-0.25, -0.2) is 4.79 Å². The third-order valence-electron chi connectivity index (χ3n) is 7.70. The molecule has 4 aromatic rings. The summed E-state index contributed by atoms with van der Waals surface area (Å²) in [4.78, 5) is 44.2. The van der Waals surface area contributed by atoms with Crippen LogP contribution < -0.4 is 4.90 Å². The maximum absolute atomic E-state index is 14.1. The Balaban J connectivity index is 1.54. The molecule has 200 valence electrons. The van der Waals surface area contributed by atoms with Crippen molar-refractivity contribution in [3.63, 3.8) is 0 Å². The molecule has 0 saturated carbocycles. The first-order valence-electron chi connectivity index (χ1n) is 13.1. The molecule has 1 saturated heterocycles. The second-order valence-electron chi connectivity index (χ2n) is 9.85. The van der Waals surface area contributed by atoms with Crippen molar-refractivity contribution in [1.29, 1.82) is 0 Å². The van der Waals surface area contributed by atoms with Gasteiger partial charge in [-0.3, -0.25) is 14.5 Å². The minimum atomic E-state index is -1.08. The summed E-state index contributed by atoms with van der Waals surface area (Å²) in [7, 11) is 1.31. The van der Waals surface area contributed by atoms with Crippen LogP contribution in [0.25, 0.3) is 0 Å². The van der Waals surface area contributed by atoms with E-state index in [0.29, 0.717) is 16.8 Å². The van der Waals surface area contributed by atoms with Gasteiger partial charge in [0.25, 0.3) is 5.91 Å². The number of esters is 1. The van der Waals surface area contributed by atoms with Gasteiger partial charge < -0.3 is 14.4 Å². The Bertz CT molecular complexity index is 1540. The van der Waals surface area contributed by atoms with E-state index >= 15 is 0 Å². The van der Waals surface area contributed by atoms with Crippen LogP contribution in [-0.2, 0) is 36.0 Å². The standard InChI is InChI=1S/C33H28N2O5/c1-39-32(38)29(24-15-7-3-8-16-24)35-27-20-12-11-19-26(27)33(25-17-9-4-10-18-25)30(31(37)34(33)21-28(35)36)40-22-23-13-5-2-6-14-23/h2-20,29-30H,21-22H2,1H3. The highest BCUT2D eigenvalue weighted by atomic mass is 16.5. The number of β-lactam (4-membered cyclic amide) rings is 1. The second kappa shape index (κ2) is 10.4. The van der Waals surface area contributed by atoms with E-state index < -0.39 is 23.7 Å². The largest absolute Gasteiger partial charge is 0.467 e. The Morgan fingerprint density at radius 2 is 1.45 bits per heavy atom. The van der Waals surface area contributed by atoms with Gasteiger partial charge in [0, 0.05) is 5.56 Å². The Kier molecular flexibility index (Phi) is 6.66. The van der Waals surface area contributed by atoms with E-state index in [0.717, 1.165) is 11.1 Å². The van der Waals surface area contributed by atoms with Crippen LogP contribution in [0.1, 0.15) is 28.3 Å². The predicted octanol–water partition coefficient (Wildman–Crippen LogP) is 4.62. The van der Waals surface area contributed by atoms with Gasteiger partial charge in [0.05, 0.1) is 19.4 Å². The quantitative estimate of drug-likeness (QED) is 0.257. The van der Waals surface area contributed by atoms with E-state index in [1.54, 1.807) is 17.0 Å². The zero-order valence-electron chi connectivity index (χ0n) is 22.0. The summed E-state index contributed by atoms with van der Waals surface area (Å²) in [6, 6.07) is 34.8. The van der Waals surface area contributed by atoms with Gasteiger partial charge in [0.1, 0.15) is 12.1 Å². The number of amides is 2. The van der Waals surface area contributed by atoms with Gasteiger partial charge in [-0.05, 0) is 22.8 Å². The third kappa shape index (κ3) is 3.98. The molecule has 0 N–H and O–H groups in total. The monoisotopic (exact) mass is 532 g/mol. The van der Waals surface area contributed by atoms with Crippen molar-refractivity contribution < 1.29 is 23.9 Å². The highest BCUT2D eigenvalue weighted by molar-refractivity contribution is 6.07. The molecule has 6 rings (SSSR count). The lowest BCUT2D eigenvalue weighted by atomic mass is 9.69. The molecule has 2 amide bonds. The minimum Gasteiger partial charge on any atom is -0.467 e. The second-order valence-corrected chi connectivity index (χ2v) is 9.85. The van der Waals surface area contributed by atoms with Crippen LogP contribution in [0.15, 0.2) is 115 Å². The zero-order valence-corrected chi connectivity index (χ0v) is 22.0. The van der Waals surface area contributed by atoms with Gasteiger partial charge in [0.15, 0.2) is 12.1 Å². The lowest BCUT2D eigenvalue weighted by Crippen LogP contribution is -2.73. The van der Waals surface area contributed by atoms with Crippen molar-refractivity contribution in [2.24, 2.45) is 0 Å². The summed E-state index contributed by atoms with van der Waals surface area (Å²) in [6.45, 7) is 0.00221. The lowest BCUT2D eigenvalue weighted by Gasteiger charge is -2.56. The van der Waals surface area contributed by atoms with E-state index in [2.05, 4.69) is 0 Å². The Labute approximate surface area is 232 Å². The number of para-hydroxylation sites is 1. The molecule has 2 aliphatic rings. The molecule has 40 heavy (non-hydrogen) atoms. The maximum Gasteiger partial charge on any atom is 0.333 e. The van der Waals surface area contributed by atoms with Crippen LogP contribution >= 0.6 is 0 Å². The number of carbonyl (C=O) groups is 3. The topological polar surface area (TPSA) is 76.2 Å². The van der Waals surface area contributed by atoms with E-state index in [-0.39, 0.29) is 25.0 Å². The summed E-state index contributed by atoms with van der Waals surface area (Å²) < 4.78 is 11.6. The van der Waals surface area contributed by atoms with Crippen molar-refractivity contribution in [1.82, 2.24) is 4.90 Å². The Morgan fingerprint density at radius 1 is 0.850 bits per heavy atom. The normalized spacial score (nSPS) is 20.6. The SMILES string of the molecule is COC(=O)C(c1ccccc1)N1C(=O)CN2C(=O)C(OCc3ccccc3)C2(c2ccccc2)c2ccccc21. The van der Waals surface area contributed by atoms with Crippen molar-refractivity contribution in [2.75, 3.05) is 18.6 Å². The molecule has 2 aliphatic heterocycles. The molecule has 0 aromatic heterocycles. The smallest absolute Gasteiger partial charge is 0.333 e. The van der Waals surface area contributed by atoms with Crippen molar-refractivity contribution >= 4 is 23.5 Å². The van der Waals surface area contributed by atoms with Crippen LogP contribution in [0.3, 0.4) is 0 Å². The molecule has 1 fully saturated rings. The first kappa shape index (κ1) is 25.5. The van der Waals surface area contributed by atoms with Crippen LogP contribution in [0.4, 0.5) is 5.69 Å². The number of benzene rings is 4. The number of carbonyl (C=O) groups excluding carboxylic acids is 3. The number of anilines is 1. The number of hydrogen-bond donors (Lipinski definition) is 0. The summed E-state index contributed by atoms with van der Waals surface area (Å²) in [5.41, 5.74) is 2.52. The number of hydrogen-bond acceptors (Lipinski definition) is 5. The maximum atomic E-state index is 14.1. The lowest BCUT2D eigenvalue weighted by molar-refractivity contribution is -0.192. The first-order valence-corrected chi connectivity index (χ1v) is 13.1. The van der Waals surface area contributed by atoms with E-state index in [1.807, 2.05) is 103 Å². The Morgan fingerprint density at radius 3 is 2.12 bits per heavy atom. The molecule has 3 atom stereocenters. The fraction of sp³-hybridized carbons (Fsp3) is 0.182. The summed E-state index contributed by atoms with van der Waals surface area (Å²) >= 11 is 0. The van der Waals surface area contributed by atoms with Gasteiger partial charge >= 0.3 is 5.97 Å². The van der Waals surface area contributed by atoms with Gasteiger partial charge in [0.2, 0.25) is 5.91 Å².